The van der Waals surface area contributed by atoms with Crippen LogP contribution < -0.4 is 16.9 Å². The number of ether oxygens (including phenoxy) is 2. The quantitative estimate of drug-likeness (QED) is 0.334. The van der Waals surface area contributed by atoms with Crippen molar-refractivity contribution in [3.63, 3.8) is 0 Å². The van der Waals surface area contributed by atoms with Crippen molar-refractivity contribution in [3.8, 4) is 0 Å². The van der Waals surface area contributed by atoms with Crippen LogP contribution >= 0.6 is 0 Å². The van der Waals surface area contributed by atoms with E-state index < -0.39 is 17.9 Å². The normalized spacial score (nSPS) is 17.2. The SMILES string of the molecule is CC(C)C.CO.CO.NCC(=O)OCC1CCC(n2ccc(NO)nc2=O)O1. The predicted octanol–water partition coefficient (Wildman–Crippen LogP) is 0.103. The van der Waals surface area contributed by atoms with Crippen molar-refractivity contribution in [2.45, 2.75) is 45.9 Å². The molecule has 28 heavy (non-hydrogen) atoms. The molecule has 1 aliphatic heterocycles. The first-order chi connectivity index (χ1) is 13.4. The fraction of sp³-hybridized carbons (Fsp3) is 0.706. The Morgan fingerprint density at radius 3 is 2.39 bits per heavy atom. The number of carbonyl (C=O) groups excluding carboxylic acids is 1. The third-order valence-electron chi connectivity index (χ3n) is 2.94. The first-order valence-electron chi connectivity index (χ1n) is 8.77. The second-order valence-electron chi connectivity index (χ2n) is 6.02. The summed E-state index contributed by atoms with van der Waals surface area (Å²) in [5, 5.41) is 22.7. The van der Waals surface area contributed by atoms with Gasteiger partial charge in [0, 0.05) is 20.4 Å². The van der Waals surface area contributed by atoms with Crippen molar-refractivity contribution < 1.29 is 29.7 Å². The molecule has 1 aromatic heterocycles. The van der Waals surface area contributed by atoms with Gasteiger partial charge in [0.1, 0.15) is 12.8 Å². The summed E-state index contributed by atoms with van der Waals surface area (Å²) in [7, 11) is 2.00. The summed E-state index contributed by atoms with van der Waals surface area (Å²) in [6.07, 6.45) is 2.03. The van der Waals surface area contributed by atoms with Gasteiger partial charge in [0.05, 0.1) is 12.6 Å². The van der Waals surface area contributed by atoms with Crippen LogP contribution in [0.2, 0.25) is 0 Å². The molecule has 1 saturated heterocycles. The zero-order valence-electron chi connectivity index (χ0n) is 17.2. The van der Waals surface area contributed by atoms with Crippen LogP contribution in [-0.2, 0) is 14.3 Å². The highest BCUT2D eigenvalue weighted by Gasteiger charge is 2.28. The topological polar surface area (TPSA) is 169 Å². The van der Waals surface area contributed by atoms with Crippen LogP contribution in [0.25, 0.3) is 0 Å². The molecule has 0 spiro atoms. The van der Waals surface area contributed by atoms with Crippen LogP contribution in [-0.4, -0.2) is 64.4 Å². The third kappa shape index (κ3) is 11.6. The number of hydrogen-bond donors (Lipinski definition) is 5. The van der Waals surface area contributed by atoms with E-state index in [0.717, 1.165) is 20.1 Å². The molecule has 6 N–H and O–H groups in total. The van der Waals surface area contributed by atoms with Crippen LogP contribution in [0.3, 0.4) is 0 Å². The minimum absolute atomic E-state index is 0.0673. The average molecular weight is 406 g/mol. The van der Waals surface area contributed by atoms with Gasteiger partial charge in [-0.2, -0.15) is 4.98 Å². The van der Waals surface area contributed by atoms with E-state index >= 15 is 0 Å². The highest BCUT2D eigenvalue weighted by molar-refractivity contribution is 5.71. The van der Waals surface area contributed by atoms with Gasteiger partial charge in [-0.1, -0.05) is 20.8 Å². The van der Waals surface area contributed by atoms with Crippen LogP contribution in [0, 0.1) is 5.92 Å². The van der Waals surface area contributed by atoms with Crippen molar-refractivity contribution in [3.05, 3.63) is 22.7 Å². The summed E-state index contributed by atoms with van der Waals surface area (Å²) >= 11 is 0. The van der Waals surface area contributed by atoms with Crippen molar-refractivity contribution in [1.82, 2.24) is 9.55 Å². The molecular formula is C17H34N4O7. The lowest BCUT2D eigenvalue weighted by Crippen LogP contribution is -2.28. The van der Waals surface area contributed by atoms with Gasteiger partial charge in [-0.25, -0.2) is 4.79 Å². The number of carbonyl (C=O) groups is 1. The molecule has 2 heterocycles. The van der Waals surface area contributed by atoms with E-state index in [0.29, 0.717) is 12.8 Å². The zero-order chi connectivity index (χ0) is 22.1. The summed E-state index contributed by atoms with van der Waals surface area (Å²) in [6, 6.07) is 1.45. The fourth-order valence-corrected chi connectivity index (χ4v) is 1.95. The van der Waals surface area contributed by atoms with E-state index in [4.69, 9.17) is 30.6 Å². The highest BCUT2D eigenvalue weighted by atomic mass is 16.6. The largest absolute Gasteiger partial charge is 0.462 e. The Balaban J connectivity index is 0. The molecule has 1 aliphatic rings. The van der Waals surface area contributed by atoms with Crippen molar-refractivity contribution in [2.24, 2.45) is 11.7 Å². The van der Waals surface area contributed by atoms with E-state index in [-0.39, 0.29) is 25.1 Å². The van der Waals surface area contributed by atoms with Crippen molar-refractivity contribution in [2.75, 3.05) is 32.9 Å². The number of aliphatic hydroxyl groups is 2. The Kier molecular flexibility index (Phi) is 17.2. The van der Waals surface area contributed by atoms with E-state index in [1.165, 1.54) is 16.8 Å². The lowest BCUT2D eigenvalue weighted by Gasteiger charge is -2.15. The Hall–Kier alpha value is -2.05. The van der Waals surface area contributed by atoms with Crippen LogP contribution in [0.15, 0.2) is 17.1 Å². The molecule has 2 rings (SSSR count). The number of esters is 1. The maximum absolute atomic E-state index is 11.7. The maximum atomic E-state index is 11.7. The number of hydrogen-bond acceptors (Lipinski definition) is 10. The summed E-state index contributed by atoms with van der Waals surface area (Å²) in [4.78, 5) is 26.3. The third-order valence-corrected chi connectivity index (χ3v) is 2.94. The number of nitrogens with one attached hydrogen (secondary N) is 1. The first-order valence-corrected chi connectivity index (χ1v) is 8.77. The lowest BCUT2D eigenvalue weighted by molar-refractivity contribution is -0.146. The van der Waals surface area contributed by atoms with Gasteiger partial charge in [-0.15, -0.1) is 0 Å². The molecule has 0 aromatic carbocycles. The Morgan fingerprint density at radius 2 is 1.93 bits per heavy atom. The molecule has 2 atom stereocenters. The maximum Gasteiger partial charge on any atom is 0.351 e. The van der Waals surface area contributed by atoms with E-state index in [1.807, 2.05) is 0 Å². The standard InChI is InChI=1S/C11H16N4O5.C4H10.2CH4O/c12-5-10(16)19-6-7-1-2-9(20-7)15-4-3-8(14-18)13-11(15)17;1-4(2)3;2*1-2/h3-4,7,9,18H,1-2,5-6,12H2,(H,13,14,17);4H,1-3H3;2*2H,1H3. The molecule has 1 fully saturated rings. The summed E-state index contributed by atoms with van der Waals surface area (Å²) in [5.74, 6) is 0.409. The van der Waals surface area contributed by atoms with Gasteiger partial charge in [0.25, 0.3) is 0 Å². The molecule has 0 aliphatic carbocycles. The number of nitrogens with zero attached hydrogens (tertiary/aromatic N) is 2. The molecule has 11 nitrogen and oxygen atoms in total. The Labute approximate surface area is 165 Å². The van der Waals surface area contributed by atoms with Gasteiger partial charge < -0.3 is 25.4 Å². The molecule has 164 valence electrons. The molecule has 1 aromatic rings. The van der Waals surface area contributed by atoms with Gasteiger partial charge in [-0.05, 0) is 24.8 Å². The fourth-order valence-electron chi connectivity index (χ4n) is 1.95. The molecular weight excluding hydrogens is 372 g/mol. The summed E-state index contributed by atoms with van der Waals surface area (Å²) < 4.78 is 11.8. The number of aromatic nitrogens is 2. The second-order valence-corrected chi connectivity index (χ2v) is 6.02. The molecule has 0 bridgehead atoms. The van der Waals surface area contributed by atoms with Gasteiger partial charge in [-0.3, -0.25) is 20.0 Å². The van der Waals surface area contributed by atoms with Gasteiger partial charge >= 0.3 is 11.7 Å². The monoisotopic (exact) mass is 406 g/mol. The zero-order valence-corrected chi connectivity index (χ0v) is 17.2. The number of anilines is 1. The van der Waals surface area contributed by atoms with Crippen molar-refractivity contribution >= 4 is 11.8 Å². The average Bonchev–Trinajstić information content (AvgIpc) is 3.17. The Morgan fingerprint density at radius 1 is 1.36 bits per heavy atom. The minimum Gasteiger partial charge on any atom is -0.462 e. The van der Waals surface area contributed by atoms with E-state index in [9.17, 15) is 9.59 Å². The van der Waals surface area contributed by atoms with Crippen LogP contribution in [0.5, 0.6) is 0 Å². The van der Waals surface area contributed by atoms with Crippen LogP contribution in [0.4, 0.5) is 5.82 Å². The molecule has 0 amide bonds. The highest BCUT2D eigenvalue weighted by Crippen LogP contribution is 2.27. The van der Waals surface area contributed by atoms with Crippen LogP contribution in [0.1, 0.15) is 39.8 Å². The van der Waals surface area contributed by atoms with E-state index in [2.05, 4.69) is 25.8 Å². The van der Waals surface area contributed by atoms with Gasteiger partial charge in [0.15, 0.2) is 5.82 Å². The molecule has 0 radical (unpaired) electrons. The lowest BCUT2D eigenvalue weighted by atomic mass is 10.2. The van der Waals surface area contributed by atoms with Crippen molar-refractivity contribution in [1.29, 1.82) is 0 Å². The number of aliphatic hydroxyl groups excluding tert-OH is 2. The predicted molar refractivity (Wildman–Crippen MR) is 104 cm³/mol. The summed E-state index contributed by atoms with van der Waals surface area (Å²) in [5.41, 5.74) is 6.39. The first kappa shape index (κ1) is 28.2. The molecule has 0 saturated carbocycles. The number of rotatable bonds is 5. The minimum atomic E-state index is -0.534. The summed E-state index contributed by atoms with van der Waals surface area (Å²) in [6.45, 7) is 6.44. The van der Waals surface area contributed by atoms with Gasteiger partial charge in [0.2, 0.25) is 0 Å². The number of nitrogens with two attached hydrogens (primary N) is 1. The molecule has 11 heteroatoms. The smallest absolute Gasteiger partial charge is 0.351 e. The second kappa shape index (κ2) is 17.1. The van der Waals surface area contributed by atoms with E-state index in [1.54, 1.807) is 5.48 Å². The molecule has 2 unspecified atom stereocenters. The Bertz CT molecular complexity index is 578.